The lowest BCUT2D eigenvalue weighted by Gasteiger charge is -2.22. The molecule has 0 atom stereocenters. The molecular formula is C17H25N3O2. The van der Waals surface area contributed by atoms with Gasteiger partial charge >= 0.3 is 6.03 Å². The molecule has 0 saturated heterocycles. The number of hydrogen-bond acceptors (Lipinski definition) is 2. The molecule has 0 radical (unpaired) electrons. The molecule has 5 heteroatoms. The Balaban J connectivity index is 1.87. The Hall–Kier alpha value is -2.04. The van der Waals surface area contributed by atoms with E-state index in [-0.39, 0.29) is 18.0 Å². The van der Waals surface area contributed by atoms with Gasteiger partial charge in [-0.05, 0) is 44.7 Å². The number of primary amides is 1. The normalized spacial score (nSPS) is 16.0. The summed E-state index contributed by atoms with van der Waals surface area (Å²) in [6, 6.07) is 8.05. The number of nitrogens with two attached hydrogens (primary N) is 1. The summed E-state index contributed by atoms with van der Waals surface area (Å²) in [4.78, 5) is 23.2. The zero-order valence-electron chi connectivity index (χ0n) is 13.5. The van der Waals surface area contributed by atoms with E-state index in [1.54, 1.807) is 13.8 Å². The fourth-order valence-corrected chi connectivity index (χ4v) is 2.56. The second kappa shape index (κ2) is 5.99. The fourth-order valence-electron chi connectivity index (χ4n) is 2.56. The highest BCUT2D eigenvalue weighted by molar-refractivity contribution is 5.81. The van der Waals surface area contributed by atoms with Crippen molar-refractivity contribution in [3.8, 4) is 0 Å². The van der Waals surface area contributed by atoms with Crippen LogP contribution < -0.4 is 16.4 Å². The first-order valence-electron chi connectivity index (χ1n) is 7.65. The predicted octanol–water partition coefficient (Wildman–Crippen LogP) is 1.84. The lowest BCUT2D eigenvalue weighted by molar-refractivity contribution is -0.125. The molecule has 2 rings (SSSR count). The predicted molar refractivity (Wildman–Crippen MR) is 86.5 cm³/mol. The number of aryl methyl sites for hydroxylation is 1. The van der Waals surface area contributed by atoms with Gasteiger partial charge in [0.1, 0.15) is 0 Å². The van der Waals surface area contributed by atoms with Crippen molar-refractivity contribution in [2.24, 2.45) is 11.1 Å². The van der Waals surface area contributed by atoms with Gasteiger partial charge in [0.05, 0.1) is 5.41 Å². The second-order valence-corrected chi connectivity index (χ2v) is 6.88. The van der Waals surface area contributed by atoms with Crippen LogP contribution in [0.15, 0.2) is 24.3 Å². The quantitative estimate of drug-likeness (QED) is 0.749. The van der Waals surface area contributed by atoms with Crippen molar-refractivity contribution in [1.82, 2.24) is 10.6 Å². The lowest BCUT2D eigenvalue weighted by atomic mass is 9.92. The molecule has 0 unspecified atom stereocenters. The number of benzene rings is 1. The van der Waals surface area contributed by atoms with Gasteiger partial charge in [-0.3, -0.25) is 4.79 Å². The molecule has 0 heterocycles. The molecule has 22 heavy (non-hydrogen) atoms. The van der Waals surface area contributed by atoms with Crippen LogP contribution in [0.4, 0.5) is 4.79 Å². The van der Waals surface area contributed by atoms with Crippen LogP contribution in [0.5, 0.6) is 0 Å². The van der Waals surface area contributed by atoms with E-state index in [1.807, 2.05) is 12.1 Å². The monoisotopic (exact) mass is 303 g/mol. The molecule has 1 fully saturated rings. The van der Waals surface area contributed by atoms with Crippen LogP contribution in [0, 0.1) is 12.3 Å². The summed E-state index contributed by atoms with van der Waals surface area (Å²) >= 11 is 0. The zero-order chi connectivity index (χ0) is 16.4. The van der Waals surface area contributed by atoms with Crippen LogP contribution in [0.1, 0.15) is 37.8 Å². The van der Waals surface area contributed by atoms with E-state index < -0.39 is 11.3 Å². The largest absolute Gasteiger partial charge is 0.369 e. The van der Waals surface area contributed by atoms with Crippen LogP contribution in [0.25, 0.3) is 0 Å². The molecule has 5 nitrogen and oxygen atoms in total. The smallest absolute Gasteiger partial charge is 0.314 e. The molecule has 1 aliphatic carbocycles. The van der Waals surface area contributed by atoms with Gasteiger partial charge in [-0.1, -0.05) is 24.3 Å². The molecule has 1 aromatic rings. The average molecular weight is 303 g/mol. The van der Waals surface area contributed by atoms with Crippen molar-refractivity contribution < 1.29 is 9.59 Å². The first-order valence-corrected chi connectivity index (χ1v) is 7.65. The Morgan fingerprint density at radius 3 is 2.41 bits per heavy atom. The molecule has 3 amide bonds. The number of rotatable bonds is 6. The van der Waals surface area contributed by atoms with E-state index in [9.17, 15) is 9.59 Å². The summed E-state index contributed by atoms with van der Waals surface area (Å²) in [7, 11) is 0. The highest BCUT2D eigenvalue weighted by Crippen LogP contribution is 2.48. The van der Waals surface area contributed by atoms with Crippen LogP contribution >= 0.6 is 0 Å². The Bertz CT molecular complexity index is 577. The Morgan fingerprint density at radius 2 is 1.86 bits per heavy atom. The Kier molecular flexibility index (Phi) is 4.44. The van der Waals surface area contributed by atoms with E-state index in [4.69, 9.17) is 5.73 Å². The zero-order valence-corrected chi connectivity index (χ0v) is 13.5. The topological polar surface area (TPSA) is 84.2 Å². The van der Waals surface area contributed by atoms with Gasteiger partial charge in [0.25, 0.3) is 0 Å². The van der Waals surface area contributed by atoms with Gasteiger partial charge in [-0.15, -0.1) is 0 Å². The summed E-state index contributed by atoms with van der Waals surface area (Å²) in [6.45, 7) is 6.37. The van der Waals surface area contributed by atoms with Crippen molar-refractivity contribution in [2.75, 3.05) is 13.1 Å². The lowest BCUT2D eigenvalue weighted by Crippen LogP contribution is -2.47. The van der Waals surface area contributed by atoms with Crippen molar-refractivity contribution in [2.45, 2.75) is 39.0 Å². The van der Waals surface area contributed by atoms with Gasteiger partial charge in [0.15, 0.2) is 0 Å². The van der Waals surface area contributed by atoms with Crippen LogP contribution in [0.2, 0.25) is 0 Å². The van der Waals surface area contributed by atoms with Crippen LogP contribution in [0.3, 0.4) is 0 Å². The first-order chi connectivity index (χ1) is 10.3. The van der Waals surface area contributed by atoms with Gasteiger partial charge in [0.2, 0.25) is 5.91 Å². The molecule has 1 aromatic carbocycles. The third-order valence-electron chi connectivity index (χ3n) is 4.52. The van der Waals surface area contributed by atoms with E-state index in [2.05, 4.69) is 29.7 Å². The third kappa shape index (κ3) is 3.59. The van der Waals surface area contributed by atoms with E-state index >= 15 is 0 Å². The van der Waals surface area contributed by atoms with Gasteiger partial charge in [-0.2, -0.15) is 0 Å². The SMILES string of the molecule is Cc1ccccc1C1(CNC(=O)NCC(C)(C)C(N)=O)CC1. The molecule has 0 aliphatic heterocycles. The molecule has 4 N–H and O–H groups in total. The van der Waals surface area contributed by atoms with E-state index in [0.29, 0.717) is 6.54 Å². The Labute approximate surface area is 131 Å². The maximum Gasteiger partial charge on any atom is 0.314 e. The molecule has 1 saturated carbocycles. The van der Waals surface area contributed by atoms with Crippen molar-refractivity contribution >= 4 is 11.9 Å². The fraction of sp³-hybridized carbons (Fsp3) is 0.529. The minimum absolute atomic E-state index is 0.0713. The summed E-state index contributed by atoms with van der Waals surface area (Å²) < 4.78 is 0. The number of urea groups is 1. The highest BCUT2D eigenvalue weighted by Gasteiger charge is 2.45. The van der Waals surface area contributed by atoms with Crippen molar-refractivity contribution in [1.29, 1.82) is 0 Å². The molecule has 0 bridgehead atoms. The summed E-state index contributed by atoms with van der Waals surface area (Å²) in [5.74, 6) is -0.425. The third-order valence-corrected chi connectivity index (χ3v) is 4.52. The molecule has 0 spiro atoms. The summed E-state index contributed by atoms with van der Waals surface area (Å²) in [6.07, 6.45) is 2.18. The summed E-state index contributed by atoms with van der Waals surface area (Å²) in [5.41, 5.74) is 7.19. The standard InChI is InChI=1S/C17H25N3O2/c1-12-6-4-5-7-13(12)17(8-9-17)11-20-15(22)19-10-16(2,3)14(18)21/h4-7H,8-11H2,1-3H3,(H2,18,21)(H2,19,20,22). The van der Waals surface area contributed by atoms with E-state index in [1.165, 1.54) is 11.1 Å². The number of nitrogens with one attached hydrogen (secondary N) is 2. The maximum atomic E-state index is 11.9. The number of carbonyl (C=O) groups excluding carboxylic acids is 2. The molecular weight excluding hydrogens is 278 g/mol. The number of hydrogen-bond donors (Lipinski definition) is 3. The van der Waals surface area contributed by atoms with E-state index in [0.717, 1.165) is 12.8 Å². The summed E-state index contributed by atoms with van der Waals surface area (Å²) in [5, 5.41) is 5.64. The average Bonchev–Trinajstić information content (AvgIpc) is 3.24. The molecule has 120 valence electrons. The number of carbonyl (C=O) groups is 2. The highest BCUT2D eigenvalue weighted by atomic mass is 16.2. The minimum atomic E-state index is -0.745. The van der Waals surface area contributed by atoms with Gasteiger partial charge in [0, 0.05) is 18.5 Å². The maximum absolute atomic E-state index is 11.9. The second-order valence-electron chi connectivity index (χ2n) is 6.88. The molecule has 1 aliphatic rings. The minimum Gasteiger partial charge on any atom is -0.369 e. The van der Waals surface area contributed by atoms with Crippen molar-refractivity contribution in [3.05, 3.63) is 35.4 Å². The number of amides is 3. The first kappa shape index (κ1) is 16.3. The van der Waals surface area contributed by atoms with Crippen molar-refractivity contribution in [3.63, 3.8) is 0 Å². The molecule has 0 aromatic heterocycles. The van der Waals surface area contributed by atoms with Gasteiger partial charge in [-0.25, -0.2) is 4.79 Å². The van der Waals surface area contributed by atoms with Gasteiger partial charge < -0.3 is 16.4 Å². The van der Waals surface area contributed by atoms with Crippen LogP contribution in [-0.2, 0) is 10.2 Å². The Morgan fingerprint density at radius 1 is 1.23 bits per heavy atom. The van der Waals surface area contributed by atoms with Crippen LogP contribution in [-0.4, -0.2) is 25.0 Å².